The van der Waals surface area contributed by atoms with Crippen LogP contribution in [0.5, 0.6) is 0 Å². The van der Waals surface area contributed by atoms with E-state index in [0.717, 1.165) is 20.4 Å². The molecule has 0 amide bonds. The van der Waals surface area contributed by atoms with Crippen LogP contribution >= 0.6 is 22.7 Å². The van der Waals surface area contributed by atoms with Gasteiger partial charge in [0.25, 0.3) is 0 Å². The van der Waals surface area contributed by atoms with Gasteiger partial charge >= 0.3 is 0 Å². The molecule has 0 aliphatic heterocycles. The predicted octanol–water partition coefficient (Wildman–Crippen LogP) is 2.84. The Bertz CT molecular complexity index is 959. The third-order valence-corrected chi connectivity index (χ3v) is 5.84. The summed E-state index contributed by atoms with van der Waals surface area (Å²) in [5, 5.41) is 21.9. The van der Waals surface area contributed by atoms with Gasteiger partial charge in [-0.15, -0.1) is 22.7 Å². The zero-order valence-corrected chi connectivity index (χ0v) is 14.0. The number of hydrogen-bond donors (Lipinski definition) is 4. The second-order valence-corrected chi connectivity index (χ2v) is 7.57. The van der Waals surface area contributed by atoms with Gasteiger partial charge in [-0.3, -0.25) is 0 Å². The maximum atomic E-state index is 10.5. The molecule has 2 aromatic heterocycles. The topological polar surface area (TPSA) is 118 Å². The van der Waals surface area contributed by atoms with Crippen LogP contribution in [0.2, 0.25) is 0 Å². The van der Waals surface area contributed by atoms with Crippen molar-refractivity contribution in [1.82, 2.24) is 9.97 Å². The van der Waals surface area contributed by atoms with Crippen LogP contribution in [0, 0.1) is 0 Å². The number of nitrogens with zero attached hydrogens (tertiary/aromatic N) is 2. The van der Waals surface area contributed by atoms with E-state index in [1.54, 1.807) is 36.4 Å². The van der Waals surface area contributed by atoms with Gasteiger partial charge in [-0.25, -0.2) is 9.97 Å². The summed E-state index contributed by atoms with van der Waals surface area (Å²) < 4.78 is 1.74. The van der Waals surface area contributed by atoms with Crippen molar-refractivity contribution < 1.29 is 10.2 Å². The summed E-state index contributed by atoms with van der Waals surface area (Å²) in [5.41, 5.74) is 14.3. The number of aliphatic hydroxyl groups excluding tert-OH is 2. The molecule has 2 unspecified atom stereocenters. The average molecular weight is 358 g/mol. The lowest BCUT2D eigenvalue weighted by Gasteiger charge is -2.12. The minimum atomic E-state index is -1.15. The highest BCUT2D eigenvalue weighted by atomic mass is 32.1. The molecule has 8 heteroatoms. The fourth-order valence-electron chi connectivity index (χ4n) is 2.44. The standard InChI is InChI=1S/C16H14N4O2S2/c17-7-1-3-9-11(5-7)23-15(19-9)13(21)14(22)16-20-10-4-2-8(18)6-12(10)24-16/h1-6,13-14,21-22H,17-18H2. The largest absolute Gasteiger partial charge is 0.399 e. The van der Waals surface area contributed by atoms with Crippen molar-refractivity contribution in [3.05, 3.63) is 46.4 Å². The molecular formula is C16H14N4O2S2. The molecule has 0 aliphatic carbocycles. The number of hydrogen-bond acceptors (Lipinski definition) is 8. The molecular weight excluding hydrogens is 344 g/mol. The number of aromatic nitrogens is 2. The Morgan fingerprint density at radius 3 is 1.58 bits per heavy atom. The molecule has 0 spiro atoms. The summed E-state index contributed by atoms with van der Waals surface area (Å²) in [6.07, 6.45) is -2.30. The first-order valence-electron chi connectivity index (χ1n) is 7.19. The minimum Gasteiger partial charge on any atom is -0.399 e. The first-order chi connectivity index (χ1) is 11.5. The number of benzene rings is 2. The SMILES string of the molecule is Nc1ccc2nc(C(O)C(O)c3nc4ccc(N)cc4s3)sc2c1. The Kier molecular flexibility index (Phi) is 3.61. The van der Waals surface area contributed by atoms with Crippen LogP contribution in [0.15, 0.2) is 36.4 Å². The van der Waals surface area contributed by atoms with Gasteiger partial charge in [0.05, 0.1) is 20.4 Å². The Balaban J connectivity index is 1.69. The van der Waals surface area contributed by atoms with Crippen LogP contribution in [-0.4, -0.2) is 20.2 Å². The molecule has 0 bridgehead atoms. The lowest BCUT2D eigenvalue weighted by Crippen LogP contribution is -2.09. The van der Waals surface area contributed by atoms with Crippen molar-refractivity contribution >= 4 is 54.5 Å². The first-order valence-corrected chi connectivity index (χ1v) is 8.82. The van der Waals surface area contributed by atoms with Gasteiger partial charge in [-0.2, -0.15) is 0 Å². The van der Waals surface area contributed by atoms with Crippen molar-refractivity contribution in [2.75, 3.05) is 11.5 Å². The van der Waals surface area contributed by atoms with Crippen molar-refractivity contribution in [3.8, 4) is 0 Å². The molecule has 2 heterocycles. The van der Waals surface area contributed by atoms with E-state index in [-0.39, 0.29) is 0 Å². The van der Waals surface area contributed by atoms with E-state index in [9.17, 15) is 10.2 Å². The van der Waals surface area contributed by atoms with E-state index < -0.39 is 12.2 Å². The number of thiazole rings is 2. The monoisotopic (exact) mass is 358 g/mol. The normalized spacial score (nSPS) is 14.2. The van der Waals surface area contributed by atoms with Crippen LogP contribution < -0.4 is 11.5 Å². The third kappa shape index (κ3) is 2.59. The second-order valence-electron chi connectivity index (χ2n) is 5.45. The summed E-state index contributed by atoms with van der Waals surface area (Å²) in [4.78, 5) is 8.76. The molecule has 2 aromatic carbocycles. The van der Waals surface area contributed by atoms with Gasteiger partial charge in [0.1, 0.15) is 22.2 Å². The molecule has 122 valence electrons. The molecule has 6 N–H and O–H groups in total. The van der Waals surface area contributed by atoms with Gasteiger partial charge < -0.3 is 21.7 Å². The van der Waals surface area contributed by atoms with Crippen LogP contribution in [-0.2, 0) is 0 Å². The van der Waals surface area contributed by atoms with Crippen LogP contribution in [0.1, 0.15) is 22.2 Å². The molecule has 4 aromatic rings. The van der Waals surface area contributed by atoms with Crippen LogP contribution in [0.4, 0.5) is 11.4 Å². The Labute approximate surface area is 145 Å². The summed E-state index contributed by atoms with van der Waals surface area (Å²) in [6.45, 7) is 0. The molecule has 0 saturated heterocycles. The lowest BCUT2D eigenvalue weighted by atomic mass is 10.2. The van der Waals surface area contributed by atoms with E-state index in [1.165, 1.54) is 22.7 Å². The van der Waals surface area contributed by atoms with Gasteiger partial charge in [0.2, 0.25) is 0 Å². The molecule has 2 atom stereocenters. The smallest absolute Gasteiger partial charge is 0.138 e. The van der Waals surface area contributed by atoms with E-state index in [2.05, 4.69) is 9.97 Å². The maximum absolute atomic E-state index is 10.5. The van der Waals surface area contributed by atoms with Crippen molar-refractivity contribution in [2.24, 2.45) is 0 Å². The zero-order chi connectivity index (χ0) is 16.8. The van der Waals surface area contributed by atoms with Crippen LogP contribution in [0.3, 0.4) is 0 Å². The summed E-state index contributed by atoms with van der Waals surface area (Å²) in [7, 11) is 0. The van der Waals surface area contributed by atoms with Crippen molar-refractivity contribution in [2.45, 2.75) is 12.2 Å². The van der Waals surface area contributed by atoms with Gasteiger partial charge in [0.15, 0.2) is 0 Å². The van der Waals surface area contributed by atoms with E-state index in [0.29, 0.717) is 21.4 Å². The summed E-state index contributed by atoms with van der Waals surface area (Å²) >= 11 is 2.62. The number of anilines is 2. The quantitative estimate of drug-likeness (QED) is 0.418. The van der Waals surface area contributed by atoms with Gasteiger partial charge in [-0.1, -0.05) is 0 Å². The Morgan fingerprint density at radius 2 is 1.17 bits per heavy atom. The van der Waals surface area contributed by atoms with Crippen LogP contribution in [0.25, 0.3) is 20.4 Å². The zero-order valence-electron chi connectivity index (χ0n) is 12.4. The number of nitrogens with two attached hydrogens (primary N) is 2. The molecule has 24 heavy (non-hydrogen) atoms. The third-order valence-electron chi connectivity index (χ3n) is 3.66. The van der Waals surface area contributed by atoms with Gasteiger partial charge in [0, 0.05) is 11.4 Å². The molecule has 6 nitrogen and oxygen atoms in total. The molecule has 0 saturated carbocycles. The lowest BCUT2D eigenvalue weighted by molar-refractivity contribution is 0.0172. The van der Waals surface area contributed by atoms with E-state index in [4.69, 9.17) is 11.5 Å². The average Bonchev–Trinajstić information content (AvgIpc) is 3.16. The molecule has 0 fully saturated rings. The molecule has 4 rings (SSSR count). The predicted molar refractivity (Wildman–Crippen MR) is 98.0 cm³/mol. The van der Waals surface area contributed by atoms with Gasteiger partial charge in [-0.05, 0) is 36.4 Å². The highest BCUT2D eigenvalue weighted by Crippen LogP contribution is 2.37. The summed E-state index contributed by atoms with van der Waals surface area (Å²) in [6, 6.07) is 10.7. The summed E-state index contributed by atoms with van der Waals surface area (Å²) in [5.74, 6) is 0. The van der Waals surface area contributed by atoms with E-state index >= 15 is 0 Å². The number of nitrogen functional groups attached to an aromatic ring is 2. The number of rotatable bonds is 3. The fraction of sp³-hybridized carbons (Fsp3) is 0.125. The van der Waals surface area contributed by atoms with Crippen molar-refractivity contribution in [1.29, 1.82) is 0 Å². The van der Waals surface area contributed by atoms with Crippen molar-refractivity contribution in [3.63, 3.8) is 0 Å². The second kappa shape index (κ2) is 5.67. The molecule has 0 radical (unpaired) electrons. The maximum Gasteiger partial charge on any atom is 0.138 e. The minimum absolute atomic E-state index is 0.432. The number of fused-ring (bicyclic) bond motifs is 2. The number of aliphatic hydroxyl groups is 2. The Morgan fingerprint density at radius 1 is 0.750 bits per heavy atom. The highest BCUT2D eigenvalue weighted by molar-refractivity contribution is 7.19. The fourth-order valence-corrected chi connectivity index (χ4v) is 4.51. The Hall–Kier alpha value is -2.26. The van der Waals surface area contributed by atoms with E-state index in [1.807, 2.05) is 0 Å². The highest BCUT2D eigenvalue weighted by Gasteiger charge is 2.26. The first kappa shape index (κ1) is 15.3. The molecule has 0 aliphatic rings.